The molecule has 4 heteroatoms. The number of nitrogens with zero attached hydrogens (tertiary/aromatic N) is 2. The number of halogens is 1. The van der Waals surface area contributed by atoms with Crippen molar-refractivity contribution in [3.63, 3.8) is 0 Å². The number of Topliss-reactive ketones (excluding diaryl/α,β-unsaturated/α-hetero) is 1. The summed E-state index contributed by atoms with van der Waals surface area (Å²) in [6.45, 7) is 0. The Kier molecular flexibility index (Phi) is 3.93. The van der Waals surface area contributed by atoms with E-state index in [-0.39, 0.29) is 5.78 Å². The summed E-state index contributed by atoms with van der Waals surface area (Å²) in [6, 6.07) is 9.64. The predicted octanol–water partition coefficient (Wildman–Crippen LogP) is 2.84. The van der Waals surface area contributed by atoms with E-state index in [1.807, 2.05) is 42.1 Å². The Morgan fingerprint density at radius 2 is 2.24 bits per heavy atom. The van der Waals surface area contributed by atoms with E-state index in [2.05, 4.69) is 27.7 Å². The second-order valence-corrected chi connectivity index (χ2v) is 5.13. The molecule has 0 bridgehead atoms. The minimum absolute atomic E-state index is 0.185. The van der Waals surface area contributed by atoms with Gasteiger partial charge in [-0.25, -0.2) is 0 Å². The SMILES string of the molecule is Cn1nccc1CCC(=O)c1cccc(I)c1. The molecule has 0 amide bonds. The zero-order valence-corrected chi connectivity index (χ0v) is 11.7. The van der Waals surface area contributed by atoms with Crippen molar-refractivity contribution >= 4 is 28.4 Å². The molecular weight excluding hydrogens is 327 g/mol. The molecule has 17 heavy (non-hydrogen) atoms. The van der Waals surface area contributed by atoms with Crippen molar-refractivity contribution in [1.29, 1.82) is 0 Å². The van der Waals surface area contributed by atoms with Crippen molar-refractivity contribution in [2.75, 3.05) is 0 Å². The Hall–Kier alpha value is -1.17. The zero-order chi connectivity index (χ0) is 12.3. The number of carbonyl (C=O) groups is 1. The van der Waals surface area contributed by atoms with Crippen LogP contribution in [0.4, 0.5) is 0 Å². The Morgan fingerprint density at radius 3 is 2.88 bits per heavy atom. The standard InChI is InChI=1S/C13H13IN2O/c1-16-12(7-8-15-16)5-6-13(17)10-3-2-4-11(14)9-10/h2-4,7-9H,5-6H2,1H3. The number of carbonyl (C=O) groups excluding carboxylic acids is 1. The molecule has 1 aromatic heterocycles. The minimum atomic E-state index is 0.185. The molecule has 1 heterocycles. The molecule has 1 aromatic carbocycles. The van der Waals surface area contributed by atoms with Crippen molar-refractivity contribution in [2.45, 2.75) is 12.8 Å². The smallest absolute Gasteiger partial charge is 0.163 e. The fourth-order valence-corrected chi connectivity index (χ4v) is 2.24. The molecule has 0 saturated heterocycles. The minimum Gasteiger partial charge on any atom is -0.294 e. The molecule has 0 aliphatic heterocycles. The summed E-state index contributed by atoms with van der Waals surface area (Å²) in [5.74, 6) is 0.185. The van der Waals surface area contributed by atoms with Crippen molar-refractivity contribution < 1.29 is 4.79 Å². The molecule has 0 radical (unpaired) electrons. The molecule has 2 rings (SSSR count). The second kappa shape index (κ2) is 5.44. The quantitative estimate of drug-likeness (QED) is 0.634. The highest BCUT2D eigenvalue weighted by Crippen LogP contribution is 2.11. The number of rotatable bonds is 4. The number of aromatic nitrogens is 2. The average Bonchev–Trinajstić information content (AvgIpc) is 2.72. The Bertz CT molecular complexity index is 534. The van der Waals surface area contributed by atoms with Gasteiger partial charge in [-0.05, 0) is 47.2 Å². The van der Waals surface area contributed by atoms with Crippen LogP contribution in [0.25, 0.3) is 0 Å². The summed E-state index contributed by atoms with van der Waals surface area (Å²) in [6.07, 6.45) is 3.02. The van der Waals surface area contributed by atoms with E-state index in [0.717, 1.165) is 21.2 Å². The fourth-order valence-electron chi connectivity index (χ4n) is 1.69. The molecule has 0 fully saturated rings. The van der Waals surface area contributed by atoms with Gasteiger partial charge >= 0.3 is 0 Å². The second-order valence-electron chi connectivity index (χ2n) is 3.88. The maximum Gasteiger partial charge on any atom is 0.163 e. The lowest BCUT2D eigenvalue weighted by Crippen LogP contribution is -2.04. The molecule has 0 unspecified atom stereocenters. The van der Waals surface area contributed by atoms with E-state index in [4.69, 9.17) is 0 Å². The van der Waals surface area contributed by atoms with E-state index >= 15 is 0 Å². The normalized spacial score (nSPS) is 10.5. The monoisotopic (exact) mass is 340 g/mol. The van der Waals surface area contributed by atoms with E-state index in [9.17, 15) is 4.79 Å². The maximum atomic E-state index is 12.0. The molecular formula is C13H13IN2O. The summed E-state index contributed by atoms with van der Waals surface area (Å²) >= 11 is 2.22. The van der Waals surface area contributed by atoms with Crippen LogP contribution in [0.2, 0.25) is 0 Å². The molecule has 0 saturated carbocycles. The van der Waals surface area contributed by atoms with Gasteiger partial charge in [-0.15, -0.1) is 0 Å². The van der Waals surface area contributed by atoms with E-state index < -0.39 is 0 Å². The lowest BCUT2D eigenvalue weighted by molar-refractivity contribution is 0.0982. The van der Waals surface area contributed by atoms with Gasteiger partial charge in [0.25, 0.3) is 0 Å². The van der Waals surface area contributed by atoms with Gasteiger partial charge in [0.1, 0.15) is 0 Å². The Morgan fingerprint density at radius 1 is 1.41 bits per heavy atom. The molecule has 3 nitrogen and oxygen atoms in total. The van der Waals surface area contributed by atoms with Crippen LogP contribution in [0, 0.1) is 3.57 Å². The third-order valence-electron chi connectivity index (χ3n) is 2.68. The predicted molar refractivity (Wildman–Crippen MR) is 75.0 cm³/mol. The third kappa shape index (κ3) is 3.15. The average molecular weight is 340 g/mol. The number of hydrogen-bond donors (Lipinski definition) is 0. The highest BCUT2D eigenvalue weighted by molar-refractivity contribution is 14.1. The van der Waals surface area contributed by atoms with Gasteiger partial charge < -0.3 is 0 Å². The summed E-state index contributed by atoms with van der Waals surface area (Å²) < 4.78 is 2.90. The van der Waals surface area contributed by atoms with Crippen LogP contribution < -0.4 is 0 Å². The molecule has 0 aliphatic rings. The number of ketones is 1. The van der Waals surface area contributed by atoms with Gasteiger partial charge in [-0.1, -0.05) is 12.1 Å². The van der Waals surface area contributed by atoms with E-state index in [0.29, 0.717) is 6.42 Å². The van der Waals surface area contributed by atoms with Crippen LogP contribution in [0.1, 0.15) is 22.5 Å². The van der Waals surface area contributed by atoms with Gasteiger partial charge in [-0.2, -0.15) is 5.10 Å². The van der Waals surface area contributed by atoms with Gasteiger partial charge in [0.15, 0.2) is 5.78 Å². The van der Waals surface area contributed by atoms with E-state index in [1.54, 1.807) is 6.20 Å². The molecule has 0 atom stereocenters. The van der Waals surface area contributed by atoms with Crippen molar-refractivity contribution in [3.8, 4) is 0 Å². The summed E-state index contributed by atoms with van der Waals surface area (Å²) in [4.78, 5) is 12.0. The van der Waals surface area contributed by atoms with Gasteiger partial charge in [0.2, 0.25) is 0 Å². The number of hydrogen-bond acceptors (Lipinski definition) is 2. The maximum absolute atomic E-state index is 12.0. The van der Waals surface area contributed by atoms with Crippen molar-refractivity contribution in [1.82, 2.24) is 9.78 Å². The highest BCUT2D eigenvalue weighted by Gasteiger charge is 2.07. The zero-order valence-electron chi connectivity index (χ0n) is 9.56. The van der Waals surface area contributed by atoms with E-state index in [1.165, 1.54) is 0 Å². The topological polar surface area (TPSA) is 34.9 Å². The first kappa shape index (κ1) is 12.3. The van der Waals surface area contributed by atoms with Crippen LogP contribution in [0.3, 0.4) is 0 Å². The van der Waals surface area contributed by atoms with Gasteiger partial charge in [0, 0.05) is 34.5 Å². The van der Waals surface area contributed by atoms with Crippen LogP contribution in [0.5, 0.6) is 0 Å². The first-order valence-corrected chi connectivity index (χ1v) is 6.50. The van der Waals surface area contributed by atoms with Crippen LogP contribution in [-0.2, 0) is 13.5 Å². The van der Waals surface area contributed by atoms with Gasteiger partial charge in [0.05, 0.1) is 0 Å². The first-order valence-electron chi connectivity index (χ1n) is 5.42. The number of aryl methyl sites for hydroxylation is 2. The largest absolute Gasteiger partial charge is 0.294 e. The van der Waals surface area contributed by atoms with Crippen molar-refractivity contribution in [2.24, 2.45) is 7.05 Å². The molecule has 0 spiro atoms. The molecule has 0 aliphatic carbocycles. The lowest BCUT2D eigenvalue weighted by Gasteiger charge is -2.02. The van der Waals surface area contributed by atoms with Crippen LogP contribution >= 0.6 is 22.6 Å². The Labute approximate surface area is 114 Å². The lowest BCUT2D eigenvalue weighted by atomic mass is 10.1. The number of benzene rings is 1. The summed E-state index contributed by atoms with van der Waals surface area (Å²) in [7, 11) is 1.89. The summed E-state index contributed by atoms with van der Waals surface area (Å²) in [5.41, 5.74) is 1.88. The van der Waals surface area contributed by atoms with Crippen LogP contribution in [0.15, 0.2) is 36.5 Å². The summed E-state index contributed by atoms with van der Waals surface area (Å²) in [5, 5.41) is 4.09. The molecule has 88 valence electrons. The third-order valence-corrected chi connectivity index (χ3v) is 3.35. The Balaban J connectivity index is 2.01. The van der Waals surface area contributed by atoms with Gasteiger partial charge in [-0.3, -0.25) is 9.48 Å². The highest BCUT2D eigenvalue weighted by atomic mass is 127. The van der Waals surface area contributed by atoms with Crippen LogP contribution in [-0.4, -0.2) is 15.6 Å². The van der Waals surface area contributed by atoms with Crippen molar-refractivity contribution in [3.05, 3.63) is 51.4 Å². The fraction of sp³-hybridized carbons (Fsp3) is 0.231. The molecule has 2 aromatic rings. The first-order chi connectivity index (χ1) is 8.16. The molecule has 0 N–H and O–H groups in total.